The zero-order chi connectivity index (χ0) is 12.6. The predicted molar refractivity (Wildman–Crippen MR) is 70.3 cm³/mol. The zero-order valence-corrected chi connectivity index (χ0v) is 11.5. The van der Waals surface area contributed by atoms with Crippen LogP contribution in [0.2, 0.25) is 0 Å². The van der Waals surface area contributed by atoms with E-state index in [1.165, 1.54) is 0 Å². The highest BCUT2D eigenvalue weighted by Gasteiger charge is 2.13. The number of carbonyl (C=O) groups excluding carboxylic acids is 1. The summed E-state index contributed by atoms with van der Waals surface area (Å²) in [5.74, 6) is 1.22. The molecule has 94 valence electrons. The van der Waals surface area contributed by atoms with Gasteiger partial charge in [0, 0.05) is 13.1 Å². The van der Waals surface area contributed by atoms with Crippen LogP contribution < -0.4 is 0 Å². The van der Waals surface area contributed by atoms with Gasteiger partial charge in [0.25, 0.3) is 0 Å². The van der Waals surface area contributed by atoms with Gasteiger partial charge in [-0.05, 0) is 24.3 Å². The Morgan fingerprint density at radius 1 is 1.12 bits per heavy atom. The van der Waals surface area contributed by atoms with E-state index in [0.717, 1.165) is 25.9 Å². The highest BCUT2D eigenvalue weighted by molar-refractivity contribution is 5.87. The number of allylic oxidation sites excluding steroid dienone is 1. The van der Waals surface area contributed by atoms with Gasteiger partial charge in [0.15, 0.2) is 0 Å². The van der Waals surface area contributed by atoms with Crippen LogP contribution in [-0.2, 0) is 4.79 Å². The number of amides is 1. The number of unbranched alkanes of at least 4 members (excludes halogenated alkanes) is 1. The third-order valence-corrected chi connectivity index (χ3v) is 2.20. The van der Waals surface area contributed by atoms with Crippen molar-refractivity contribution in [2.45, 2.75) is 47.5 Å². The maximum absolute atomic E-state index is 11.9. The van der Waals surface area contributed by atoms with Crippen LogP contribution in [0.15, 0.2) is 12.2 Å². The minimum Gasteiger partial charge on any atom is -0.339 e. The third-order valence-electron chi connectivity index (χ3n) is 2.20. The van der Waals surface area contributed by atoms with Gasteiger partial charge in [0.2, 0.25) is 5.91 Å². The van der Waals surface area contributed by atoms with Crippen molar-refractivity contribution in [3.8, 4) is 0 Å². The van der Waals surface area contributed by atoms with E-state index in [9.17, 15) is 4.79 Å². The quantitative estimate of drug-likeness (QED) is 0.607. The van der Waals surface area contributed by atoms with E-state index in [4.69, 9.17) is 0 Å². The van der Waals surface area contributed by atoms with Crippen LogP contribution in [0.3, 0.4) is 0 Å². The molecular weight excluding hydrogens is 198 g/mol. The van der Waals surface area contributed by atoms with Crippen LogP contribution in [0.4, 0.5) is 0 Å². The van der Waals surface area contributed by atoms with Gasteiger partial charge in [0.1, 0.15) is 0 Å². The average molecular weight is 225 g/mol. The molecule has 0 saturated heterocycles. The summed E-state index contributed by atoms with van der Waals surface area (Å²) >= 11 is 0. The van der Waals surface area contributed by atoms with Gasteiger partial charge in [-0.1, -0.05) is 47.1 Å². The molecule has 0 bridgehead atoms. The van der Waals surface area contributed by atoms with Crippen LogP contribution in [0.1, 0.15) is 47.5 Å². The summed E-state index contributed by atoms with van der Waals surface area (Å²) < 4.78 is 0. The zero-order valence-electron chi connectivity index (χ0n) is 11.5. The molecule has 2 nitrogen and oxygen atoms in total. The molecule has 0 N–H and O–H groups in total. The summed E-state index contributed by atoms with van der Waals surface area (Å²) in [7, 11) is 0. The molecule has 16 heavy (non-hydrogen) atoms. The van der Waals surface area contributed by atoms with Crippen LogP contribution in [-0.4, -0.2) is 23.9 Å². The second kappa shape index (κ2) is 8.37. The lowest BCUT2D eigenvalue weighted by atomic mass is 10.1. The third kappa shape index (κ3) is 7.49. The number of carbonyl (C=O) groups is 1. The first-order valence-electron chi connectivity index (χ1n) is 6.42. The Bertz CT molecular complexity index is 209. The van der Waals surface area contributed by atoms with Crippen molar-refractivity contribution in [3.05, 3.63) is 12.2 Å². The van der Waals surface area contributed by atoms with E-state index in [2.05, 4.69) is 34.6 Å². The highest BCUT2D eigenvalue weighted by atomic mass is 16.2. The first kappa shape index (κ1) is 15.2. The maximum atomic E-state index is 11.9. The Balaban J connectivity index is 4.31. The fraction of sp³-hybridized carbons (Fsp3) is 0.786. The van der Waals surface area contributed by atoms with Crippen molar-refractivity contribution in [1.82, 2.24) is 4.90 Å². The van der Waals surface area contributed by atoms with Gasteiger partial charge in [-0.2, -0.15) is 0 Å². The molecule has 0 aliphatic carbocycles. The molecule has 0 aromatic carbocycles. The summed E-state index contributed by atoms with van der Waals surface area (Å²) in [6.07, 6.45) is 5.80. The second-order valence-corrected chi connectivity index (χ2v) is 5.22. The topological polar surface area (TPSA) is 20.3 Å². The predicted octanol–water partition coefficient (Wildman–Crippen LogP) is 3.48. The van der Waals surface area contributed by atoms with Crippen molar-refractivity contribution >= 4 is 5.91 Å². The molecule has 0 rings (SSSR count). The molecule has 0 saturated carbocycles. The molecule has 0 spiro atoms. The standard InChI is InChI=1S/C14H27NO/c1-6-7-8-9-14(16)15(10-12(2)3)11-13(4)5/h8-9,12-13H,6-7,10-11H2,1-5H3/b9-8+. The van der Waals surface area contributed by atoms with Gasteiger partial charge in [-0.25, -0.2) is 0 Å². The van der Waals surface area contributed by atoms with Gasteiger partial charge >= 0.3 is 0 Å². The molecule has 0 aliphatic heterocycles. The van der Waals surface area contributed by atoms with Crippen LogP contribution in [0.25, 0.3) is 0 Å². The molecule has 0 aromatic rings. The monoisotopic (exact) mass is 225 g/mol. The fourth-order valence-electron chi connectivity index (χ4n) is 1.59. The lowest BCUT2D eigenvalue weighted by Gasteiger charge is -2.25. The summed E-state index contributed by atoms with van der Waals surface area (Å²) in [5.41, 5.74) is 0. The van der Waals surface area contributed by atoms with Crippen LogP contribution >= 0.6 is 0 Å². The first-order chi connectivity index (χ1) is 7.47. The first-order valence-corrected chi connectivity index (χ1v) is 6.42. The maximum Gasteiger partial charge on any atom is 0.246 e. The molecule has 2 heteroatoms. The lowest BCUT2D eigenvalue weighted by molar-refractivity contribution is -0.127. The average Bonchev–Trinajstić information content (AvgIpc) is 2.15. The van der Waals surface area contributed by atoms with E-state index in [1.54, 1.807) is 6.08 Å². The largest absolute Gasteiger partial charge is 0.339 e. The number of rotatable bonds is 7. The minimum absolute atomic E-state index is 0.163. The Morgan fingerprint density at radius 3 is 2.00 bits per heavy atom. The molecular formula is C14H27NO. The van der Waals surface area contributed by atoms with Crippen molar-refractivity contribution in [2.24, 2.45) is 11.8 Å². The van der Waals surface area contributed by atoms with Crippen LogP contribution in [0.5, 0.6) is 0 Å². The highest BCUT2D eigenvalue weighted by Crippen LogP contribution is 2.05. The summed E-state index contributed by atoms with van der Waals surface area (Å²) in [6, 6.07) is 0. The van der Waals surface area contributed by atoms with Crippen molar-refractivity contribution in [2.75, 3.05) is 13.1 Å². The Labute approximate surface area is 101 Å². The van der Waals surface area contributed by atoms with Gasteiger partial charge in [-0.15, -0.1) is 0 Å². The molecule has 0 atom stereocenters. The molecule has 0 heterocycles. The number of nitrogens with zero attached hydrogens (tertiary/aromatic N) is 1. The van der Waals surface area contributed by atoms with Gasteiger partial charge in [0.05, 0.1) is 0 Å². The number of hydrogen-bond acceptors (Lipinski definition) is 1. The molecule has 0 unspecified atom stereocenters. The van der Waals surface area contributed by atoms with E-state index in [-0.39, 0.29) is 5.91 Å². The molecule has 0 aliphatic rings. The van der Waals surface area contributed by atoms with E-state index in [1.807, 2.05) is 11.0 Å². The summed E-state index contributed by atoms with van der Waals surface area (Å²) in [5, 5.41) is 0. The van der Waals surface area contributed by atoms with Crippen molar-refractivity contribution in [3.63, 3.8) is 0 Å². The number of hydrogen-bond donors (Lipinski definition) is 0. The van der Waals surface area contributed by atoms with Crippen molar-refractivity contribution in [1.29, 1.82) is 0 Å². The Morgan fingerprint density at radius 2 is 1.62 bits per heavy atom. The van der Waals surface area contributed by atoms with Crippen molar-refractivity contribution < 1.29 is 4.79 Å². The SMILES string of the molecule is CCC/C=C/C(=O)N(CC(C)C)CC(C)C. The Hall–Kier alpha value is -0.790. The molecule has 0 radical (unpaired) electrons. The van der Waals surface area contributed by atoms with E-state index < -0.39 is 0 Å². The second-order valence-electron chi connectivity index (χ2n) is 5.22. The molecule has 0 fully saturated rings. The normalized spacial score (nSPS) is 11.7. The van der Waals surface area contributed by atoms with Gasteiger partial charge < -0.3 is 4.90 Å². The smallest absolute Gasteiger partial charge is 0.246 e. The van der Waals surface area contributed by atoms with E-state index >= 15 is 0 Å². The minimum atomic E-state index is 0.163. The fourth-order valence-corrected chi connectivity index (χ4v) is 1.59. The van der Waals surface area contributed by atoms with E-state index in [0.29, 0.717) is 11.8 Å². The van der Waals surface area contributed by atoms with Gasteiger partial charge in [-0.3, -0.25) is 4.79 Å². The summed E-state index contributed by atoms with van der Waals surface area (Å²) in [4.78, 5) is 13.9. The lowest BCUT2D eigenvalue weighted by Crippen LogP contribution is -2.35. The van der Waals surface area contributed by atoms with Crippen LogP contribution in [0, 0.1) is 11.8 Å². The Kier molecular flexibility index (Phi) is 7.96. The molecule has 0 aromatic heterocycles. The molecule has 1 amide bonds. The summed E-state index contributed by atoms with van der Waals surface area (Å²) in [6.45, 7) is 12.4.